The molecule has 82 valence electrons. The molecule has 1 amide bonds. The Morgan fingerprint density at radius 3 is 2.50 bits per heavy atom. The van der Waals surface area contributed by atoms with Crippen molar-refractivity contribution in [1.29, 1.82) is 0 Å². The lowest BCUT2D eigenvalue weighted by molar-refractivity contribution is -0.132. The average Bonchev–Trinajstić information content (AvgIpc) is 2.50. The Morgan fingerprint density at radius 1 is 1.57 bits per heavy atom. The lowest BCUT2D eigenvalue weighted by atomic mass is 10.0. The number of carbonyl (C=O) groups excluding carboxylic acids is 1. The van der Waals surface area contributed by atoms with Gasteiger partial charge in [0, 0.05) is 13.6 Å². The highest BCUT2D eigenvalue weighted by Gasteiger charge is 2.33. The first-order chi connectivity index (χ1) is 6.44. The van der Waals surface area contributed by atoms with Gasteiger partial charge in [0.25, 0.3) is 0 Å². The second-order valence-electron chi connectivity index (χ2n) is 4.24. The summed E-state index contributed by atoms with van der Waals surface area (Å²) in [5.41, 5.74) is -0.633. The summed E-state index contributed by atoms with van der Waals surface area (Å²) in [6.07, 6.45) is 3.79. The van der Waals surface area contributed by atoms with Gasteiger partial charge >= 0.3 is 0 Å². The van der Waals surface area contributed by atoms with Crippen LogP contribution in [0, 0.1) is 0 Å². The first kappa shape index (κ1) is 12.0. The fourth-order valence-electron chi connectivity index (χ4n) is 2.01. The maximum absolute atomic E-state index is 11.5. The number of nitrogens with zero attached hydrogens (tertiary/aromatic N) is 1. The van der Waals surface area contributed by atoms with E-state index in [0.717, 1.165) is 25.7 Å². The van der Waals surface area contributed by atoms with Gasteiger partial charge in [-0.25, -0.2) is 0 Å². The van der Waals surface area contributed by atoms with E-state index in [1.807, 2.05) is 0 Å². The Balaban J connectivity index is 2.47. The number of amides is 1. The third kappa shape index (κ3) is 2.95. The molecule has 1 aliphatic rings. The largest absolute Gasteiger partial charge is 0.388 e. The summed E-state index contributed by atoms with van der Waals surface area (Å²) in [4.78, 5) is 13.0. The minimum atomic E-state index is -0.633. The van der Waals surface area contributed by atoms with Gasteiger partial charge in [-0.1, -0.05) is 28.8 Å². The van der Waals surface area contributed by atoms with Crippen LogP contribution in [0.3, 0.4) is 0 Å². The maximum atomic E-state index is 11.5. The normalized spacial score (nSPS) is 22.0. The average molecular weight is 264 g/mol. The fraction of sp³-hybridized carbons (Fsp3) is 0.900. The van der Waals surface area contributed by atoms with E-state index in [9.17, 15) is 9.90 Å². The fourth-order valence-corrected chi connectivity index (χ4v) is 2.36. The van der Waals surface area contributed by atoms with Gasteiger partial charge in [-0.2, -0.15) is 0 Å². The van der Waals surface area contributed by atoms with Gasteiger partial charge in [0.2, 0.25) is 5.91 Å². The third-order valence-corrected chi connectivity index (χ3v) is 3.17. The Bertz CT molecular complexity index is 212. The summed E-state index contributed by atoms with van der Waals surface area (Å²) in [6, 6.07) is 0. The first-order valence-electron chi connectivity index (χ1n) is 5.06. The Labute approximate surface area is 93.6 Å². The zero-order valence-electron chi connectivity index (χ0n) is 8.79. The van der Waals surface area contributed by atoms with Crippen molar-refractivity contribution >= 4 is 21.8 Å². The molecule has 1 fully saturated rings. The van der Waals surface area contributed by atoms with Crippen LogP contribution in [0.1, 0.15) is 32.6 Å². The van der Waals surface area contributed by atoms with E-state index in [0.29, 0.717) is 6.54 Å². The Hall–Kier alpha value is -0.0900. The molecule has 0 aromatic heterocycles. The highest BCUT2D eigenvalue weighted by molar-refractivity contribution is 9.10. The molecular formula is C10H18BrNO2. The van der Waals surface area contributed by atoms with E-state index in [1.54, 1.807) is 18.9 Å². The number of hydrogen-bond donors (Lipinski definition) is 1. The van der Waals surface area contributed by atoms with E-state index in [4.69, 9.17) is 0 Å². The SMILES string of the molecule is CC(Br)C(=O)N(C)CC1(O)CCCC1. The predicted octanol–water partition coefficient (Wildman–Crippen LogP) is 1.53. The maximum Gasteiger partial charge on any atom is 0.235 e. The number of carbonyl (C=O) groups is 1. The standard InChI is InChI=1S/C10H18BrNO2/c1-8(11)9(13)12(2)7-10(14)5-3-4-6-10/h8,14H,3-7H2,1-2H3. The topological polar surface area (TPSA) is 40.5 Å². The molecule has 1 unspecified atom stereocenters. The molecule has 0 aromatic rings. The third-order valence-electron chi connectivity index (χ3n) is 2.78. The molecule has 0 saturated heterocycles. The summed E-state index contributed by atoms with van der Waals surface area (Å²) in [5.74, 6) is 0.0327. The number of rotatable bonds is 3. The Kier molecular flexibility index (Phi) is 3.95. The highest BCUT2D eigenvalue weighted by Crippen LogP contribution is 2.30. The van der Waals surface area contributed by atoms with Crippen molar-refractivity contribution in [3.63, 3.8) is 0 Å². The van der Waals surface area contributed by atoms with Gasteiger partial charge < -0.3 is 10.0 Å². The van der Waals surface area contributed by atoms with Crippen molar-refractivity contribution in [1.82, 2.24) is 4.90 Å². The minimum absolute atomic E-state index is 0.0327. The molecule has 0 spiro atoms. The van der Waals surface area contributed by atoms with Crippen LogP contribution in [0.2, 0.25) is 0 Å². The molecule has 14 heavy (non-hydrogen) atoms. The predicted molar refractivity (Wildman–Crippen MR) is 59.4 cm³/mol. The van der Waals surface area contributed by atoms with Crippen molar-refractivity contribution in [3.8, 4) is 0 Å². The van der Waals surface area contributed by atoms with Crippen LogP contribution in [-0.2, 0) is 4.79 Å². The van der Waals surface area contributed by atoms with Gasteiger partial charge in [-0.05, 0) is 19.8 Å². The molecule has 0 aromatic carbocycles. The van der Waals surface area contributed by atoms with E-state index in [2.05, 4.69) is 15.9 Å². The van der Waals surface area contributed by atoms with E-state index >= 15 is 0 Å². The molecule has 3 nitrogen and oxygen atoms in total. The second-order valence-corrected chi connectivity index (χ2v) is 5.62. The quantitative estimate of drug-likeness (QED) is 0.785. The van der Waals surface area contributed by atoms with Crippen LogP contribution in [0.15, 0.2) is 0 Å². The monoisotopic (exact) mass is 263 g/mol. The molecule has 0 radical (unpaired) electrons. The van der Waals surface area contributed by atoms with Crippen molar-refractivity contribution in [3.05, 3.63) is 0 Å². The van der Waals surface area contributed by atoms with Gasteiger partial charge in [0.1, 0.15) is 0 Å². The summed E-state index contributed by atoms with van der Waals surface area (Å²) >= 11 is 3.23. The number of hydrogen-bond acceptors (Lipinski definition) is 2. The number of aliphatic hydroxyl groups is 1. The molecular weight excluding hydrogens is 246 g/mol. The molecule has 0 aliphatic heterocycles. The zero-order valence-corrected chi connectivity index (χ0v) is 10.4. The van der Waals surface area contributed by atoms with Gasteiger partial charge in [-0.15, -0.1) is 0 Å². The Morgan fingerprint density at radius 2 is 2.07 bits per heavy atom. The molecule has 4 heteroatoms. The highest BCUT2D eigenvalue weighted by atomic mass is 79.9. The van der Waals surface area contributed by atoms with E-state index < -0.39 is 5.60 Å². The van der Waals surface area contributed by atoms with Crippen LogP contribution in [0.5, 0.6) is 0 Å². The van der Waals surface area contributed by atoms with Crippen molar-refractivity contribution in [2.24, 2.45) is 0 Å². The zero-order chi connectivity index (χ0) is 10.8. The summed E-state index contributed by atoms with van der Waals surface area (Å²) in [6.45, 7) is 2.26. The van der Waals surface area contributed by atoms with Crippen LogP contribution in [0.4, 0.5) is 0 Å². The number of halogens is 1. The summed E-state index contributed by atoms with van der Waals surface area (Å²) in [7, 11) is 1.75. The molecule has 1 aliphatic carbocycles. The van der Waals surface area contributed by atoms with Crippen LogP contribution in [-0.4, -0.2) is 39.9 Å². The summed E-state index contributed by atoms with van der Waals surface area (Å²) in [5, 5.41) is 10.1. The number of likely N-dealkylation sites (N-methyl/N-ethyl adjacent to an activating group) is 1. The minimum Gasteiger partial charge on any atom is -0.388 e. The molecule has 0 bridgehead atoms. The van der Waals surface area contributed by atoms with Crippen molar-refractivity contribution in [2.75, 3.05) is 13.6 Å². The van der Waals surface area contributed by atoms with Crippen LogP contribution in [0.25, 0.3) is 0 Å². The van der Waals surface area contributed by atoms with E-state index in [-0.39, 0.29) is 10.7 Å². The molecule has 0 heterocycles. The lowest BCUT2D eigenvalue weighted by Crippen LogP contribution is -2.44. The number of alkyl halides is 1. The first-order valence-corrected chi connectivity index (χ1v) is 5.98. The molecule has 1 atom stereocenters. The second kappa shape index (κ2) is 4.62. The van der Waals surface area contributed by atoms with E-state index in [1.165, 1.54) is 0 Å². The van der Waals surface area contributed by atoms with Gasteiger partial charge in [0.15, 0.2) is 0 Å². The summed E-state index contributed by atoms with van der Waals surface area (Å²) < 4.78 is 0. The van der Waals surface area contributed by atoms with Crippen LogP contribution < -0.4 is 0 Å². The van der Waals surface area contributed by atoms with Crippen LogP contribution >= 0.6 is 15.9 Å². The van der Waals surface area contributed by atoms with Crippen molar-refractivity contribution < 1.29 is 9.90 Å². The lowest BCUT2D eigenvalue weighted by Gasteiger charge is -2.29. The van der Waals surface area contributed by atoms with Gasteiger partial charge in [-0.3, -0.25) is 4.79 Å². The van der Waals surface area contributed by atoms with Gasteiger partial charge in [0.05, 0.1) is 10.4 Å². The molecule has 1 rings (SSSR count). The smallest absolute Gasteiger partial charge is 0.235 e. The van der Waals surface area contributed by atoms with Crippen molar-refractivity contribution in [2.45, 2.75) is 43.0 Å². The molecule has 1 N–H and O–H groups in total. The molecule has 1 saturated carbocycles.